The summed E-state index contributed by atoms with van der Waals surface area (Å²) in [6.07, 6.45) is 10.2. The third-order valence-electron chi connectivity index (χ3n) is 7.46. The van der Waals surface area contributed by atoms with Crippen molar-refractivity contribution in [2.75, 3.05) is 26.4 Å². The highest BCUT2D eigenvalue weighted by molar-refractivity contribution is 9.10. The van der Waals surface area contributed by atoms with E-state index in [1.165, 1.54) is 12.8 Å². The van der Waals surface area contributed by atoms with Crippen molar-refractivity contribution in [1.82, 2.24) is 13.9 Å². The van der Waals surface area contributed by atoms with Crippen LogP contribution in [0.1, 0.15) is 90.9 Å². The van der Waals surface area contributed by atoms with Crippen LogP contribution in [-0.2, 0) is 32.3 Å². The van der Waals surface area contributed by atoms with Crippen LogP contribution in [0.25, 0.3) is 0 Å². The van der Waals surface area contributed by atoms with E-state index in [0.717, 1.165) is 68.1 Å². The largest absolute Gasteiger partial charge is 0.597 e. The van der Waals surface area contributed by atoms with Gasteiger partial charge < -0.3 is 18.8 Å². The zero-order valence-corrected chi connectivity index (χ0v) is 28.3. The summed E-state index contributed by atoms with van der Waals surface area (Å²) in [7, 11) is -1.17. The van der Waals surface area contributed by atoms with Crippen LogP contribution < -0.4 is 0 Å². The van der Waals surface area contributed by atoms with E-state index in [2.05, 4.69) is 72.1 Å². The molecule has 2 fully saturated rings. The Hall–Kier alpha value is 0.0569. The van der Waals surface area contributed by atoms with E-state index in [0.29, 0.717) is 25.9 Å². The van der Waals surface area contributed by atoms with E-state index in [4.69, 9.17) is 19.2 Å². The second-order valence-corrected chi connectivity index (χ2v) is 21.8. The van der Waals surface area contributed by atoms with Gasteiger partial charge in [-0.1, -0.05) is 39.4 Å². The molecule has 2 heterocycles. The normalized spacial score (nSPS) is 19.8. The van der Waals surface area contributed by atoms with Gasteiger partial charge in [0, 0.05) is 39.0 Å². The second-order valence-electron chi connectivity index (χ2n) is 13.2. The van der Waals surface area contributed by atoms with Crippen LogP contribution in [0.4, 0.5) is 0 Å². The lowest BCUT2D eigenvalue weighted by Gasteiger charge is -2.37. The Kier molecular flexibility index (Phi) is 12.3. The van der Waals surface area contributed by atoms with E-state index in [1.54, 1.807) is 0 Å². The molecule has 2 atom stereocenters. The predicted octanol–water partition coefficient (Wildman–Crippen LogP) is 7.28. The van der Waals surface area contributed by atoms with E-state index in [1.807, 2.05) is 6.20 Å². The predicted molar refractivity (Wildman–Crippen MR) is 162 cm³/mol. The SMILES string of the molecule is CCC1(CCCCC[C@@H](c2ncc(Br)n2COCC[Si](C)(C)C)N(CC2CC2)[S+]([O-])C(C)(C)C)OCCO1. The average Bonchev–Trinajstić information content (AvgIpc) is 3.41. The van der Waals surface area contributed by atoms with Gasteiger partial charge >= 0.3 is 0 Å². The summed E-state index contributed by atoms with van der Waals surface area (Å²) in [5.41, 5.74) is 0. The zero-order valence-electron chi connectivity index (χ0n) is 24.9. The number of nitrogens with zero attached hydrogens (tertiary/aromatic N) is 3. The smallest absolute Gasteiger partial charge is 0.168 e. The third kappa shape index (κ3) is 9.85. The summed E-state index contributed by atoms with van der Waals surface area (Å²) in [4.78, 5) is 4.87. The highest BCUT2D eigenvalue weighted by Gasteiger charge is 2.43. The maximum absolute atomic E-state index is 13.9. The van der Waals surface area contributed by atoms with Crippen molar-refractivity contribution in [3.63, 3.8) is 0 Å². The lowest BCUT2D eigenvalue weighted by atomic mass is 10.0. The third-order valence-corrected chi connectivity index (χ3v) is 11.7. The molecule has 0 bridgehead atoms. The van der Waals surface area contributed by atoms with E-state index < -0.39 is 19.4 Å². The number of hydrogen-bond donors (Lipinski definition) is 0. The number of unbranched alkanes of at least 4 members (excludes halogenated alkanes) is 2. The van der Waals surface area contributed by atoms with Gasteiger partial charge in [-0.2, -0.15) is 0 Å². The molecule has 0 aromatic carbocycles. The highest BCUT2D eigenvalue weighted by Crippen LogP contribution is 2.39. The van der Waals surface area contributed by atoms with Gasteiger partial charge in [-0.15, -0.1) is 4.31 Å². The molecule has 1 saturated carbocycles. The molecular formula is C28H52BrN3O4SSi. The standard InChI is InChI=1S/C28H52BrN3O4SSi/c1-8-28(35-16-17-36-28)15-11-9-10-12-24(32(21-23-13-14-23)37(33)27(2,3)4)26-30-20-25(29)31(26)22-34-18-19-38(5,6)7/h20,23-24H,8-19,21-22H2,1-7H3/t24-,37?/m0/s1. The van der Waals surface area contributed by atoms with Gasteiger partial charge in [-0.25, -0.2) is 4.98 Å². The van der Waals surface area contributed by atoms with Gasteiger partial charge in [-0.05, 0) is 80.8 Å². The van der Waals surface area contributed by atoms with Crippen molar-refractivity contribution in [2.24, 2.45) is 5.92 Å². The van der Waals surface area contributed by atoms with Gasteiger partial charge in [0.05, 0.1) is 19.4 Å². The van der Waals surface area contributed by atoms with E-state index in [-0.39, 0.29) is 16.6 Å². The van der Waals surface area contributed by atoms with E-state index >= 15 is 0 Å². The topological polar surface area (TPSA) is 71.8 Å². The first-order valence-corrected chi connectivity index (χ1v) is 20.2. The minimum atomic E-state index is -1.17. The molecule has 1 aromatic rings. The molecule has 1 unspecified atom stereocenters. The molecule has 7 nitrogen and oxygen atoms in total. The molecule has 0 N–H and O–H groups in total. The van der Waals surface area contributed by atoms with Crippen LogP contribution in [-0.4, -0.2) is 63.4 Å². The minimum Gasteiger partial charge on any atom is -0.597 e. The van der Waals surface area contributed by atoms with Crippen molar-refractivity contribution >= 4 is 35.4 Å². The maximum atomic E-state index is 13.9. The fourth-order valence-corrected chi connectivity index (χ4v) is 7.47. The first-order valence-electron chi connectivity index (χ1n) is 14.6. The van der Waals surface area contributed by atoms with Crippen LogP contribution in [0.3, 0.4) is 0 Å². The van der Waals surface area contributed by atoms with Crippen LogP contribution in [0.2, 0.25) is 25.7 Å². The molecule has 2 aliphatic rings. The molecule has 10 heteroatoms. The Labute approximate surface area is 244 Å². The molecule has 3 rings (SSSR count). The van der Waals surface area contributed by atoms with Gasteiger partial charge in [0.1, 0.15) is 27.9 Å². The van der Waals surface area contributed by atoms with Gasteiger partial charge in [0.25, 0.3) is 0 Å². The number of hydrogen-bond acceptors (Lipinski definition) is 6. The first kappa shape index (κ1) is 32.6. The fraction of sp³-hybridized carbons (Fsp3) is 0.893. The summed E-state index contributed by atoms with van der Waals surface area (Å²) in [5, 5.41) is 0. The Morgan fingerprint density at radius 3 is 2.50 bits per heavy atom. The van der Waals surface area contributed by atoms with Crippen molar-refractivity contribution in [3.8, 4) is 0 Å². The van der Waals surface area contributed by atoms with Gasteiger partial charge in [0.2, 0.25) is 0 Å². The van der Waals surface area contributed by atoms with Gasteiger partial charge in [-0.3, -0.25) is 4.57 Å². The van der Waals surface area contributed by atoms with Crippen molar-refractivity contribution < 1.29 is 18.8 Å². The van der Waals surface area contributed by atoms with Crippen molar-refractivity contribution in [1.29, 1.82) is 0 Å². The Morgan fingerprint density at radius 2 is 1.92 bits per heavy atom. The molecule has 1 aliphatic carbocycles. The van der Waals surface area contributed by atoms with Crippen LogP contribution in [0.5, 0.6) is 0 Å². The number of imidazole rings is 1. The molecule has 1 saturated heterocycles. The summed E-state index contributed by atoms with van der Waals surface area (Å²) in [6, 6.07) is 1.11. The van der Waals surface area contributed by atoms with Gasteiger partial charge in [0.15, 0.2) is 5.79 Å². The average molecular weight is 635 g/mol. The number of ether oxygens (including phenoxy) is 3. The van der Waals surface area contributed by atoms with Crippen molar-refractivity contribution in [2.45, 2.75) is 128 Å². The van der Waals surface area contributed by atoms with Crippen LogP contribution >= 0.6 is 15.9 Å². The van der Waals surface area contributed by atoms with Crippen molar-refractivity contribution in [3.05, 3.63) is 16.6 Å². The van der Waals surface area contributed by atoms with Crippen LogP contribution in [0.15, 0.2) is 10.8 Å². The highest BCUT2D eigenvalue weighted by atomic mass is 79.9. The molecule has 1 aliphatic heterocycles. The zero-order chi connectivity index (χ0) is 28.0. The monoisotopic (exact) mass is 633 g/mol. The molecule has 0 spiro atoms. The first-order chi connectivity index (χ1) is 17.9. The van der Waals surface area contributed by atoms with Crippen LogP contribution in [0, 0.1) is 5.92 Å². The molecule has 38 heavy (non-hydrogen) atoms. The Bertz CT molecular complexity index is 850. The summed E-state index contributed by atoms with van der Waals surface area (Å²) >= 11 is 2.59. The Morgan fingerprint density at radius 1 is 1.24 bits per heavy atom. The fourth-order valence-electron chi connectivity index (χ4n) is 4.85. The molecule has 220 valence electrons. The Balaban J connectivity index is 1.74. The maximum Gasteiger partial charge on any atom is 0.168 e. The number of aromatic nitrogens is 2. The quantitative estimate of drug-likeness (QED) is 0.102. The summed E-state index contributed by atoms with van der Waals surface area (Å²) in [6.45, 7) is 19.0. The summed E-state index contributed by atoms with van der Waals surface area (Å²) < 4.78 is 36.9. The lowest BCUT2D eigenvalue weighted by molar-refractivity contribution is -0.164. The number of rotatable bonds is 17. The second kappa shape index (κ2) is 14.3. The molecule has 1 aromatic heterocycles. The number of halogens is 1. The molecule has 0 amide bonds. The lowest BCUT2D eigenvalue weighted by Crippen LogP contribution is -2.46. The minimum absolute atomic E-state index is 0.0262. The molecular weight excluding hydrogens is 582 g/mol. The van der Waals surface area contributed by atoms with E-state index in [9.17, 15) is 4.55 Å². The molecule has 0 radical (unpaired) electrons. The summed E-state index contributed by atoms with van der Waals surface area (Å²) in [5.74, 6) is 1.19.